The van der Waals surface area contributed by atoms with E-state index in [4.69, 9.17) is 14.6 Å². The lowest BCUT2D eigenvalue weighted by molar-refractivity contribution is -0.215. The van der Waals surface area contributed by atoms with E-state index in [2.05, 4.69) is 13.8 Å². The highest BCUT2D eigenvalue weighted by atomic mass is 16.6. The molecule has 25 heavy (non-hydrogen) atoms. The van der Waals surface area contributed by atoms with E-state index in [-0.39, 0.29) is 41.3 Å². The van der Waals surface area contributed by atoms with Crippen LogP contribution in [0.25, 0.3) is 0 Å². The normalized spacial score (nSPS) is 46.7. The van der Waals surface area contributed by atoms with Gasteiger partial charge in [0.05, 0.1) is 24.2 Å². The van der Waals surface area contributed by atoms with Crippen molar-refractivity contribution >= 4 is 5.97 Å². The van der Waals surface area contributed by atoms with E-state index in [1.165, 1.54) is 0 Å². The van der Waals surface area contributed by atoms with E-state index < -0.39 is 12.2 Å². The zero-order chi connectivity index (χ0) is 18.4. The number of likely N-dealkylation sites (N-methyl/N-ethyl adjacent to an activating group) is 1. The molecule has 0 aromatic rings. The van der Waals surface area contributed by atoms with Crippen LogP contribution in [0.2, 0.25) is 0 Å². The summed E-state index contributed by atoms with van der Waals surface area (Å²) in [6.07, 6.45) is 2.59. The van der Waals surface area contributed by atoms with E-state index in [9.17, 15) is 9.90 Å². The molecule has 1 unspecified atom stereocenters. The Kier molecular flexibility index (Phi) is 5.19. The number of fused-ring (bicyclic) bond motifs is 2. The van der Waals surface area contributed by atoms with Crippen LogP contribution >= 0.6 is 0 Å². The van der Waals surface area contributed by atoms with E-state index >= 15 is 0 Å². The lowest BCUT2D eigenvalue weighted by Gasteiger charge is -2.59. The summed E-state index contributed by atoms with van der Waals surface area (Å²) in [5.41, 5.74) is -0.535. The third-order valence-corrected chi connectivity index (χ3v) is 7.42. The van der Waals surface area contributed by atoms with Crippen molar-refractivity contribution in [2.75, 3.05) is 33.9 Å². The highest BCUT2D eigenvalue weighted by Gasteiger charge is 2.62. The second-order valence-electron chi connectivity index (χ2n) is 8.76. The van der Waals surface area contributed by atoms with Crippen molar-refractivity contribution in [1.29, 1.82) is 0 Å². The molecule has 3 aliphatic rings. The average molecular weight is 355 g/mol. The van der Waals surface area contributed by atoms with Crippen molar-refractivity contribution in [2.45, 2.75) is 57.3 Å². The molecule has 0 spiro atoms. The SMILES string of the molecule is CO[C@]1(C)CC[C@H]2C(CN(C)CCO)C(=O)O[C@@H]2[C@@H](O)[C@]2(C)CC[C@H]21. The smallest absolute Gasteiger partial charge is 0.311 e. The van der Waals surface area contributed by atoms with Crippen LogP contribution < -0.4 is 0 Å². The first kappa shape index (κ1) is 19.1. The molecular weight excluding hydrogens is 322 g/mol. The second kappa shape index (κ2) is 6.80. The molecule has 7 atom stereocenters. The molecule has 0 bridgehead atoms. The van der Waals surface area contributed by atoms with Crippen molar-refractivity contribution in [3.8, 4) is 0 Å². The van der Waals surface area contributed by atoms with Crippen LogP contribution in [0.1, 0.15) is 39.5 Å². The summed E-state index contributed by atoms with van der Waals surface area (Å²) >= 11 is 0. The van der Waals surface area contributed by atoms with Crippen LogP contribution in [0.3, 0.4) is 0 Å². The zero-order valence-corrected chi connectivity index (χ0v) is 15.9. The quantitative estimate of drug-likeness (QED) is 0.718. The van der Waals surface area contributed by atoms with Gasteiger partial charge in [-0.15, -0.1) is 0 Å². The maximum Gasteiger partial charge on any atom is 0.311 e. The average Bonchev–Trinajstić information content (AvgIpc) is 2.86. The minimum atomic E-state index is -0.650. The van der Waals surface area contributed by atoms with Gasteiger partial charge in [0.1, 0.15) is 6.10 Å². The van der Waals surface area contributed by atoms with Gasteiger partial charge in [0.25, 0.3) is 0 Å². The summed E-state index contributed by atoms with van der Waals surface area (Å²) in [5.74, 6) is -0.177. The maximum atomic E-state index is 12.5. The van der Waals surface area contributed by atoms with Crippen molar-refractivity contribution < 1.29 is 24.5 Å². The van der Waals surface area contributed by atoms with Crippen molar-refractivity contribution in [2.24, 2.45) is 23.2 Å². The number of carbonyl (C=O) groups excluding carboxylic acids is 1. The molecule has 144 valence electrons. The van der Waals surface area contributed by atoms with Crippen molar-refractivity contribution in [3.05, 3.63) is 0 Å². The Morgan fingerprint density at radius 1 is 1.32 bits per heavy atom. The standard InChI is InChI=1S/C19H33NO5/c1-18-7-6-14(18)19(2,24-4)8-5-12-13(11-20(3)9-10-21)17(23)25-15(12)16(18)22/h12-16,21-22H,5-11H2,1-4H3/t12-,13?,14+,15-,16+,18+,19+/m0/s1. The summed E-state index contributed by atoms with van der Waals surface area (Å²) in [5, 5.41) is 20.3. The summed E-state index contributed by atoms with van der Waals surface area (Å²) in [6.45, 7) is 5.41. The number of methoxy groups -OCH3 is 1. The van der Waals surface area contributed by atoms with Crippen LogP contribution in [0.15, 0.2) is 0 Å². The molecule has 0 aromatic heterocycles. The van der Waals surface area contributed by atoms with Crippen molar-refractivity contribution in [1.82, 2.24) is 4.90 Å². The minimum absolute atomic E-state index is 0.00325. The molecule has 0 radical (unpaired) electrons. The molecule has 6 nitrogen and oxygen atoms in total. The fraction of sp³-hybridized carbons (Fsp3) is 0.947. The van der Waals surface area contributed by atoms with Crippen molar-refractivity contribution in [3.63, 3.8) is 0 Å². The summed E-state index contributed by atoms with van der Waals surface area (Å²) < 4.78 is 11.6. The van der Waals surface area contributed by atoms with E-state index in [0.29, 0.717) is 13.1 Å². The van der Waals surface area contributed by atoms with Crippen LogP contribution in [-0.4, -0.2) is 72.7 Å². The van der Waals surface area contributed by atoms with Gasteiger partial charge in [-0.1, -0.05) is 6.92 Å². The molecule has 2 saturated carbocycles. The number of esters is 1. The Labute approximate surface area is 150 Å². The van der Waals surface area contributed by atoms with E-state index in [0.717, 1.165) is 25.7 Å². The Morgan fingerprint density at radius 3 is 2.60 bits per heavy atom. The summed E-state index contributed by atoms with van der Waals surface area (Å²) in [6, 6.07) is 0. The molecule has 3 fully saturated rings. The van der Waals surface area contributed by atoms with Gasteiger partial charge in [-0.3, -0.25) is 4.79 Å². The summed E-state index contributed by atoms with van der Waals surface area (Å²) in [7, 11) is 3.66. The predicted molar refractivity (Wildman–Crippen MR) is 92.9 cm³/mol. The molecule has 3 rings (SSSR count). The highest BCUT2D eigenvalue weighted by Crippen LogP contribution is 2.59. The first-order chi connectivity index (χ1) is 11.8. The number of nitrogens with zero attached hydrogens (tertiary/aromatic N) is 1. The molecule has 6 heteroatoms. The number of hydrogen-bond acceptors (Lipinski definition) is 6. The van der Waals surface area contributed by atoms with E-state index in [1.54, 1.807) is 7.11 Å². The molecule has 0 aromatic carbocycles. The van der Waals surface area contributed by atoms with Gasteiger partial charge in [-0.05, 0) is 45.6 Å². The number of hydrogen-bond donors (Lipinski definition) is 2. The lowest BCUT2D eigenvalue weighted by atomic mass is 9.49. The zero-order valence-electron chi connectivity index (χ0n) is 15.9. The molecule has 0 amide bonds. The first-order valence-corrected chi connectivity index (χ1v) is 9.50. The van der Waals surface area contributed by atoms with Gasteiger partial charge < -0.3 is 24.6 Å². The van der Waals surface area contributed by atoms with Gasteiger partial charge >= 0.3 is 5.97 Å². The Balaban J connectivity index is 1.85. The fourth-order valence-corrected chi connectivity index (χ4v) is 5.53. The third-order valence-electron chi connectivity index (χ3n) is 7.42. The molecule has 2 aliphatic carbocycles. The molecular formula is C19H33NO5. The van der Waals surface area contributed by atoms with Gasteiger partial charge in [0.2, 0.25) is 0 Å². The third kappa shape index (κ3) is 3.01. The summed E-state index contributed by atoms with van der Waals surface area (Å²) in [4.78, 5) is 14.5. The second-order valence-corrected chi connectivity index (χ2v) is 8.76. The monoisotopic (exact) mass is 355 g/mol. The van der Waals surface area contributed by atoms with E-state index in [1.807, 2.05) is 11.9 Å². The molecule has 1 saturated heterocycles. The number of aliphatic hydroxyl groups excluding tert-OH is 2. The Bertz CT molecular complexity index is 514. The lowest BCUT2D eigenvalue weighted by Crippen LogP contribution is -2.62. The van der Waals surface area contributed by atoms with Gasteiger partial charge in [0.15, 0.2) is 0 Å². The van der Waals surface area contributed by atoms with Gasteiger partial charge in [-0.25, -0.2) is 0 Å². The maximum absolute atomic E-state index is 12.5. The largest absolute Gasteiger partial charge is 0.459 e. The van der Waals surface area contributed by atoms with Gasteiger partial charge in [0, 0.05) is 31.5 Å². The molecule has 1 aliphatic heterocycles. The number of aliphatic hydroxyl groups is 2. The predicted octanol–water partition coefficient (Wildman–Crippen LogP) is 1.04. The first-order valence-electron chi connectivity index (χ1n) is 9.50. The molecule has 2 N–H and O–H groups in total. The fourth-order valence-electron chi connectivity index (χ4n) is 5.53. The van der Waals surface area contributed by atoms with Crippen LogP contribution in [0, 0.1) is 23.2 Å². The Hall–Kier alpha value is -0.690. The molecule has 1 heterocycles. The minimum Gasteiger partial charge on any atom is -0.459 e. The highest BCUT2D eigenvalue weighted by molar-refractivity contribution is 5.75. The number of ether oxygens (including phenoxy) is 2. The van der Waals surface area contributed by atoms with Gasteiger partial charge in [-0.2, -0.15) is 0 Å². The van der Waals surface area contributed by atoms with Crippen LogP contribution in [0.5, 0.6) is 0 Å². The number of carbonyl (C=O) groups is 1. The van der Waals surface area contributed by atoms with Crippen LogP contribution in [0.4, 0.5) is 0 Å². The number of rotatable bonds is 5. The van der Waals surface area contributed by atoms with Crippen LogP contribution in [-0.2, 0) is 14.3 Å². The Morgan fingerprint density at radius 2 is 2.04 bits per heavy atom. The topological polar surface area (TPSA) is 79.2 Å².